The Morgan fingerprint density at radius 2 is 2.47 bits per heavy atom. The second kappa shape index (κ2) is 5.46. The average Bonchev–Trinajstić information content (AvgIpc) is 2.62. The number of aliphatic imine (C=N–C) groups is 1. The van der Waals surface area contributed by atoms with Gasteiger partial charge in [0.2, 0.25) is 0 Å². The van der Waals surface area contributed by atoms with Crippen molar-refractivity contribution in [3.63, 3.8) is 0 Å². The summed E-state index contributed by atoms with van der Waals surface area (Å²) in [6, 6.07) is -0.368. The molecule has 6 nitrogen and oxygen atoms in total. The first kappa shape index (κ1) is 12.3. The van der Waals surface area contributed by atoms with Gasteiger partial charge in [-0.05, 0) is 12.8 Å². The minimum Gasteiger partial charge on any atom is -0.385 e. The van der Waals surface area contributed by atoms with Gasteiger partial charge in [-0.2, -0.15) is 4.99 Å². The molecule has 2 amide bonds. The quantitative estimate of drug-likeness (QED) is 0.764. The summed E-state index contributed by atoms with van der Waals surface area (Å²) in [4.78, 5) is 17.2. The topological polar surface area (TPSA) is 77.2 Å². The fraction of sp³-hybridized carbons (Fsp3) is 0.818. The first-order valence-electron chi connectivity index (χ1n) is 5.95. The van der Waals surface area contributed by atoms with Crippen molar-refractivity contribution in [1.29, 1.82) is 0 Å². The summed E-state index contributed by atoms with van der Waals surface area (Å²) in [5.74, 6) is 0.678. The highest BCUT2D eigenvalue weighted by Gasteiger charge is 2.39. The van der Waals surface area contributed by atoms with Gasteiger partial charge in [-0.3, -0.25) is 0 Å². The molecule has 2 N–H and O–H groups in total. The molecule has 2 heterocycles. The molecule has 17 heavy (non-hydrogen) atoms. The lowest BCUT2D eigenvalue weighted by molar-refractivity contribution is 0.0316. The van der Waals surface area contributed by atoms with E-state index in [0.717, 1.165) is 19.4 Å². The molecule has 0 saturated carbocycles. The number of amidine groups is 1. The molecule has 2 aliphatic heterocycles. The van der Waals surface area contributed by atoms with Crippen LogP contribution in [0.3, 0.4) is 0 Å². The third kappa shape index (κ3) is 2.58. The molecule has 6 heteroatoms. The van der Waals surface area contributed by atoms with Crippen LogP contribution in [-0.4, -0.2) is 56.3 Å². The van der Waals surface area contributed by atoms with Crippen molar-refractivity contribution in [1.82, 2.24) is 4.90 Å². The number of carbonyl (C=O) groups is 1. The first-order valence-corrected chi connectivity index (χ1v) is 5.95. The van der Waals surface area contributed by atoms with E-state index in [2.05, 4.69) is 4.99 Å². The number of hydrogen-bond donors (Lipinski definition) is 1. The average molecular weight is 241 g/mol. The molecule has 0 bridgehead atoms. The Morgan fingerprint density at radius 1 is 1.65 bits per heavy atom. The van der Waals surface area contributed by atoms with E-state index in [1.165, 1.54) is 0 Å². The van der Waals surface area contributed by atoms with Gasteiger partial charge in [0.05, 0.1) is 19.3 Å². The number of rotatable bonds is 4. The van der Waals surface area contributed by atoms with Crippen molar-refractivity contribution in [3.05, 3.63) is 0 Å². The number of nitrogens with zero attached hydrogens (tertiary/aromatic N) is 2. The van der Waals surface area contributed by atoms with Crippen LogP contribution in [0.15, 0.2) is 4.99 Å². The molecule has 1 fully saturated rings. The maximum atomic E-state index is 11.7. The molecular formula is C11H19N3O3. The second-order valence-electron chi connectivity index (χ2n) is 4.43. The molecule has 1 saturated heterocycles. The summed E-state index contributed by atoms with van der Waals surface area (Å²) in [5, 5.41) is 0. The van der Waals surface area contributed by atoms with Gasteiger partial charge < -0.3 is 20.1 Å². The molecule has 0 aliphatic carbocycles. The Kier molecular flexibility index (Phi) is 3.96. The highest BCUT2D eigenvalue weighted by atomic mass is 16.5. The molecule has 0 aromatic rings. The van der Waals surface area contributed by atoms with Crippen LogP contribution in [0.4, 0.5) is 4.79 Å². The fourth-order valence-electron chi connectivity index (χ4n) is 2.45. The van der Waals surface area contributed by atoms with E-state index in [1.54, 1.807) is 12.0 Å². The third-order valence-electron chi connectivity index (χ3n) is 3.29. The Hall–Kier alpha value is -1.14. The van der Waals surface area contributed by atoms with Crippen molar-refractivity contribution in [2.45, 2.75) is 18.9 Å². The number of urea groups is 1. The normalized spacial score (nSPS) is 29.6. The minimum atomic E-state index is -0.255. The zero-order valence-electron chi connectivity index (χ0n) is 10.1. The lowest BCUT2D eigenvalue weighted by atomic mass is 9.92. The van der Waals surface area contributed by atoms with Gasteiger partial charge >= 0.3 is 6.03 Å². The zero-order chi connectivity index (χ0) is 12.3. The van der Waals surface area contributed by atoms with Gasteiger partial charge in [-0.15, -0.1) is 0 Å². The molecular weight excluding hydrogens is 222 g/mol. The molecule has 0 radical (unpaired) electrons. The largest absolute Gasteiger partial charge is 0.385 e. The highest BCUT2D eigenvalue weighted by molar-refractivity contribution is 6.03. The number of carbonyl (C=O) groups excluding carboxylic acids is 1. The van der Waals surface area contributed by atoms with E-state index >= 15 is 0 Å². The predicted molar refractivity (Wildman–Crippen MR) is 62.9 cm³/mol. The van der Waals surface area contributed by atoms with Crippen LogP contribution >= 0.6 is 0 Å². The molecule has 0 spiro atoms. The van der Waals surface area contributed by atoms with Gasteiger partial charge in [-0.1, -0.05) is 0 Å². The van der Waals surface area contributed by atoms with Gasteiger partial charge in [0.1, 0.15) is 5.84 Å². The number of ether oxygens (including phenoxy) is 2. The Bertz CT molecular complexity index is 313. The van der Waals surface area contributed by atoms with Gasteiger partial charge in [0.15, 0.2) is 0 Å². The maximum absolute atomic E-state index is 11.7. The summed E-state index contributed by atoms with van der Waals surface area (Å²) >= 11 is 0. The summed E-state index contributed by atoms with van der Waals surface area (Å²) in [6.45, 7) is 2.48. The summed E-state index contributed by atoms with van der Waals surface area (Å²) in [7, 11) is 1.61. The van der Waals surface area contributed by atoms with E-state index in [-0.39, 0.29) is 18.0 Å². The fourth-order valence-corrected chi connectivity index (χ4v) is 2.45. The van der Waals surface area contributed by atoms with Crippen LogP contribution in [0.2, 0.25) is 0 Å². The van der Waals surface area contributed by atoms with Crippen LogP contribution in [0.5, 0.6) is 0 Å². The first-order chi connectivity index (χ1) is 8.24. The smallest absolute Gasteiger partial charge is 0.345 e. The standard InChI is InChI=1S/C11H19N3O3/c1-16-6-4-14-9(10(12)13-11(14)15)8-3-2-5-17-7-8/h8-9H,2-7H2,1H3,(H2,12,13,15). The minimum absolute atomic E-state index is 0.113. The van der Waals surface area contributed by atoms with Crippen LogP contribution in [-0.2, 0) is 9.47 Å². The van der Waals surface area contributed by atoms with E-state index in [0.29, 0.717) is 25.6 Å². The molecule has 0 aromatic heterocycles. The van der Waals surface area contributed by atoms with Gasteiger partial charge in [0, 0.05) is 26.2 Å². The van der Waals surface area contributed by atoms with Gasteiger partial charge in [-0.25, -0.2) is 4.79 Å². The predicted octanol–water partition coefficient (Wildman–Crippen LogP) is 0.221. The van der Waals surface area contributed by atoms with Crippen LogP contribution in [0.25, 0.3) is 0 Å². The van der Waals surface area contributed by atoms with Crippen molar-refractivity contribution in [2.75, 3.05) is 33.5 Å². The van der Waals surface area contributed by atoms with Crippen molar-refractivity contribution >= 4 is 11.9 Å². The summed E-state index contributed by atoms with van der Waals surface area (Å²) in [6.07, 6.45) is 2.04. The van der Waals surface area contributed by atoms with Crippen LogP contribution in [0, 0.1) is 5.92 Å². The molecule has 2 atom stereocenters. The lowest BCUT2D eigenvalue weighted by Crippen LogP contribution is -2.49. The number of hydrogen-bond acceptors (Lipinski definition) is 4. The molecule has 0 aromatic carbocycles. The molecule has 2 unspecified atom stereocenters. The Balaban J connectivity index is 2.05. The highest BCUT2D eigenvalue weighted by Crippen LogP contribution is 2.25. The van der Waals surface area contributed by atoms with E-state index in [4.69, 9.17) is 15.2 Å². The zero-order valence-corrected chi connectivity index (χ0v) is 10.1. The number of nitrogens with two attached hydrogens (primary N) is 1. The number of methoxy groups -OCH3 is 1. The van der Waals surface area contributed by atoms with Crippen molar-refractivity contribution < 1.29 is 14.3 Å². The lowest BCUT2D eigenvalue weighted by Gasteiger charge is -2.33. The van der Waals surface area contributed by atoms with Crippen LogP contribution in [0.1, 0.15) is 12.8 Å². The third-order valence-corrected chi connectivity index (χ3v) is 3.29. The van der Waals surface area contributed by atoms with E-state index in [1.807, 2.05) is 0 Å². The Labute approximate surface area is 101 Å². The number of amides is 2. The van der Waals surface area contributed by atoms with Crippen molar-refractivity contribution in [2.24, 2.45) is 16.6 Å². The summed E-state index contributed by atoms with van der Waals surface area (Å²) < 4.78 is 10.5. The maximum Gasteiger partial charge on any atom is 0.345 e. The Morgan fingerprint density at radius 3 is 3.12 bits per heavy atom. The molecule has 96 valence electrons. The molecule has 2 aliphatic rings. The van der Waals surface area contributed by atoms with Gasteiger partial charge in [0.25, 0.3) is 0 Å². The second-order valence-corrected chi connectivity index (χ2v) is 4.43. The van der Waals surface area contributed by atoms with Crippen LogP contribution < -0.4 is 5.73 Å². The van der Waals surface area contributed by atoms with Crippen molar-refractivity contribution in [3.8, 4) is 0 Å². The molecule has 2 rings (SSSR count). The monoisotopic (exact) mass is 241 g/mol. The van der Waals surface area contributed by atoms with E-state index < -0.39 is 0 Å². The SMILES string of the molecule is COCCN1C(=O)N=C(N)C1C1CCCOC1. The van der Waals surface area contributed by atoms with E-state index in [9.17, 15) is 4.79 Å². The summed E-state index contributed by atoms with van der Waals surface area (Å²) in [5.41, 5.74) is 5.85.